The van der Waals surface area contributed by atoms with Gasteiger partial charge in [0, 0.05) is 12.0 Å². The number of primary amides is 1. The number of carbonyl (C=O) groups excluding carboxylic acids is 1. The fraction of sp³-hybridized carbons (Fsp3) is 0.286. The van der Waals surface area contributed by atoms with Crippen molar-refractivity contribution in [1.29, 1.82) is 0 Å². The zero-order valence-corrected chi connectivity index (χ0v) is 9.53. The molecule has 0 atom stereocenters. The average molecular weight is 259 g/mol. The van der Waals surface area contributed by atoms with Crippen LogP contribution in [0, 0.1) is 0 Å². The van der Waals surface area contributed by atoms with Gasteiger partial charge in [-0.1, -0.05) is 34.8 Å². The number of hydrogen-bond acceptors (Lipinski definition) is 2. The summed E-state index contributed by atoms with van der Waals surface area (Å²) < 4.78 is 0.974. The van der Waals surface area contributed by atoms with E-state index < -0.39 is 0 Å². The maximum absolute atomic E-state index is 10.5. The number of rotatable bonds is 3. The van der Waals surface area contributed by atoms with E-state index >= 15 is 0 Å². The van der Waals surface area contributed by atoms with Gasteiger partial charge in [-0.05, 0) is 6.42 Å². The molecule has 2 N–H and O–H groups in total. The first kappa shape index (κ1) is 11.1. The van der Waals surface area contributed by atoms with Gasteiger partial charge in [-0.15, -0.1) is 11.3 Å². The third-order valence-electron chi connectivity index (χ3n) is 1.48. The van der Waals surface area contributed by atoms with Crippen molar-refractivity contribution in [2.75, 3.05) is 0 Å². The van der Waals surface area contributed by atoms with E-state index in [0.717, 1.165) is 0 Å². The summed E-state index contributed by atoms with van der Waals surface area (Å²) in [6.45, 7) is 0. The van der Waals surface area contributed by atoms with Crippen LogP contribution in [0.2, 0.25) is 13.7 Å². The molecule has 0 radical (unpaired) electrons. The summed E-state index contributed by atoms with van der Waals surface area (Å²) in [5, 5.41) is 0.429. The van der Waals surface area contributed by atoms with Crippen LogP contribution in [0.3, 0.4) is 0 Å². The van der Waals surface area contributed by atoms with Crippen molar-refractivity contribution in [2.24, 2.45) is 5.73 Å². The molecular weight excluding hydrogens is 253 g/mol. The summed E-state index contributed by atoms with van der Waals surface area (Å²) in [6.07, 6.45) is 0.669. The van der Waals surface area contributed by atoms with Gasteiger partial charge in [-0.25, -0.2) is 0 Å². The van der Waals surface area contributed by atoms with Crippen molar-refractivity contribution in [1.82, 2.24) is 0 Å². The molecule has 0 saturated carbocycles. The van der Waals surface area contributed by atoms with Gasteiger partial charge in [0.25, 0.3) is 0 Å². The SMILES string of the molecule is NC(=O)CCc1c(Cl)sc(Cl)c1Cl. The molecule has 2 nitrogen and oxygen atoms in total. The molecule has 0 aliphatic carbocycles. The Hall–Kier alpha value is 0.0400. The minimum absolute atomic E-state index is 0.229. The van der Waals surface area contributed by atoms with Crippen molar-refractivity contribution >= 4 is 52.0 Å². The third kappa shape index (κ3) is 2.74. The first-order valence-electron chi connectivity index (χ1n) is 3.43. The lowest BCUT2D eigenvalue weighted by Gasteiger charge is -1.96. The fourth-order valence-corrected chi connectivity index (χ4v) is 2.84. The fourth-order valence-electron chi connectivity index (χ4n) is 0.846. The zero-order chi connectivity index (χ0) is 10.0. The summed E-state index contributed by atoms with van der Waals surface area (Å²) >= 11 is 18.6. The van der Waals surface area contributed by atoms with Crippen molar-refractivity contribution < 1.29 is 4.79 Å². The minimum Gasteiger partial charge on any atom is -0.370 e. The van der Waals surface area contributed by atoms with Crippen LogP contribution in [0.1, 0.15) is 12.0 Å². The van der Waals surface area contributed by atoms with Gasteiger partial charge in [-0.2, -0.15) is 0 Å². The molecule has 1 rings (SSSR count). The summed E-state index contributed by atoms with van der Waals surface area (Å²) in [5.74, 6) is -0.380. The lowest BCUT2D eigenvalue weighted by atomic mass is 10.2. The van der Waals surface area contributed by atoms with E-state index in [1.807, 2.05) is 0 Å². The molecule has 0 fully saturated rings. The van der Waals surface area contributed by atoms with Crippen LogP contribution in [-0.4, -0.2) is 5.91 Å². The predicted octanol–water partition coefficient (Wildman–Crippen LogP) is 3.13. The maximum Gasteiger partial charge on any atom is 0.217 e. The number of hydrogen-bond donors (Lipinski definition) is 1. The number of amides is 1. The Morgan fingerprint density at radius 3 is 2.31 bits per heavy atom. The topological polar surface area (TPSA) is 43.1 Å². The molecule has 1 amide bonds. The molecule has 0 unspecified atom stereocenters. The van der Waals surface area contributed by atoms with E-state index in [-0.39, 0.29) is 12.3 Å². The van der Waals surface area contributed by atoms with Crippen LogP contribution in [0.15, 0.2) is 0 Å². The first-order valence-corrected chi connectivity index (χ1v) is 5.38. The maximum atomic E-state index is 10.5. The van der Waals surface area contributed by atoms with Crippen molar-refractivity contribution in [3.05, 3.63) is 19.3 Å². The number of thiophene rings is 1. The van der Waals surface area contributed by atoms with Crippen LogP contribution in [-0.2, 0) is 11.2 Å². The van der Waals surface area contributed by atoms with Gasteiger partial charge in [-0.3, -0.25) is 4.79 Å². The van der Waals surface area contributed by atoms with Crippen LogP contribution in [0.5, 0.6) is 0 Å². The van der Waals surface area contributed by atoms with Gasteiger partial charge in [0.15, 0.2) is 0 Å². The minimum atomic E-state index is -0.380. The highest BCUT2D eigenvalue weighted by Gasteiger charge is 2.14. The Morgan fingerprint density at radius 1 is 1.31 bits per heavy atom. The quantitative estimate of drug-likeness (QED) is 0.889. The Kier molecular flexibility index (Phi) is 3.86. The van der Waals surface area contributed by atoms with Gasteiger partial charge in [0.05, 0.1) is 9.36 Å². The predicted molar refractivity (Wildman–Crippen MR) is 56.9 cm³/mol. The molecular formula is C7H6Cl3NOS. The lowest BCUT2D eigenvalue weighted by Crippen LogP contribution is -2.11. The lowest BCUT2D eigenvalue weighted by molar-refractivity contribution is -0.117. The highest BCUT2D eigenvalue weighted by atomic mass is 35.5. The first-order chi connectivity index (χ1) is 6.02. The van der Waals surface area contributed by atoms with E-state index in [1.165, 1.54) is 11.3 Å². The Bertz CT molecular complexity index is 337. The standard InChI is InChI=1S/C7H6Cl3NOS/c8-5-3(1-2-4(11)12)6(9)13-7(5)10/h1-2H2,(H2,11,12). The molecule has 13 heavy (non-hydrogen) atoms. The smallest absolute Gasteiger partial charge is 0.217 e. The Labute approximate surface area is 94.6 Å². The van der Waals surface area contributed by atoms with E-state index in [0.29, 0.717) is 25.7 Å². The van der Waals surface area contributed by atoms with Gasteiger partial charge >= 0.3 is 0 Å². The zero-order valence-electron chi connectivity index (χ0n) is 6.44. The van der Waals surface area contributed by atoms with E-state index in [1.54, 1.807) is 0 Å². The molecule has 0 saturated heterocycles. The summed E-state index contributed by atoms with van der Waals surface area (Å²) in [7, 11) is 0. The second kappa shape index (κ2) is 4.51. The van der Waals surface area contributed by atoms with Gasteiger partial charge in [0.1, 0.15) is 4.34 Å². The highest BCUT2D eigenvalue weighted by Crippen LogP contribution is 2.40. The molecule has 0 aliphatic rings. The van der Waals surface area contributed by atoms with E-state index in [9.17, 15) is 4.79 Å². The van der Waals surface area contributed by atoms with Gasteiger partial charge < -0.3 is 5.73 Å². The molecule has 0 aromatic carbocycles. The monoisotopic (exact) mass is 257 g/mol. The van der Waals surface area contributed by atoms with Crippen molar-refractivity contribution in [3.8, 4) is 0 Å². The van der Waals surface area contributed by atoms with Crippen molar-refractivity contribution in [2.45, 2.75) is 12.8 Å². The number of nitrogens with two attached hydrogens (primary N) is 1. The second-order valence-corrected chi connectivity index (χ2v) is 5.01. The summed E-state index contributed by atoms with van der Waals surface area (Å²) in [6, 6.07) is 0. The number of halogens is 3. The second-order valence-electron chi connectivity index (χ2n) is 2.41. The summed E-state index contributed by atoms with van der Waals surface area (Å²) in [4.78, 5) is 10.5. The highest BCUT2D eigenvalue weighted by molar-refractivity contribution is 7.20. The van der Waals surface area contributed by atoms with Crippen LogP contribution in [0.25, 0.3) is 0 Å². The average Bonchev–Trinajstić information content (AvgIpc) is 2.24. The number of carbonyl (C=O) groups is 1. The Morgan fingerprint density at radius 2 is 1.92 bits per heavy atom. The van der Waals surface area contributed by atoms with Crippen LogP contribution in [0.4, 0.5) is 0 Å². The molecule has 6 heteroatoms. The van der Waals surface area contributed by atoms with Crippen molar-refractivity contribution in [3.63, 3.8) is 0 Å². The van der Waals surface area contributed by atoms with E-state index in [4.69, 9.17) is 40.5 Å². The molecule has 1 aromatic rings. The molecule has 0 spiro atoms. The molecule has 0 aliphatic heterocycles. The molecule has 1 aromatic heterocycles. The summed E-state index contributed by atoms with van der Waals surface area (Å²) in [5.41, 5.74) is 5.70. The molecule has 0 bridgehead atoms. The molecule has 72 valence electrons. The van der Waals surface area contributed by atoms with Gasteiger partial charge in [0.2, 0.25) is 5.91 Å². The van der Waals surface area contributed by atoms with E-state index in [2.05, 4.69) is 0 Å². The third-order valence-corrected chi connectivity index (χ3v) is 3.79. The largest absolute Gasteiger partial charge is 0.370 e. The Balaban J connectivity index is 2.81. The normalized spacial score (nSPS) is 10.4. The molecule has 1 heterocycles. The van der Waals surface area contributed by atoms with Crippen LogP contribution >= 0.6 is 46.1 Å². The van der Waals surface area contributed by atoms with Crippen LogP contribution < -0.4 is 5.73 Å².